The summed E-state index contributed by atoms with van der Waals surface area (Å²) in [5.74, 6) is 0. The number of nitrogens with one attached hydrogen (secondary N) is 1. The maximum atomic E-state index is 4.78. The van der Waals surface area contributed by atoms with Crippen molar-refractivity contribution in [2.75, 3.05) is 33.7 Å². The standard InChI is InChI=1S/C13H24N4S/c1-10(2)14-7-11-9-18-13(15-11)12-8-16(3)5-6-17(12)4/h9-10,12,14H,5-8H2,1-4H3. The summed E-state index contributed by atoms with van der Waals surface area (Å²) >= 11 is 1.79. The zero-order valence-corrected chi connectivity index (χ0v) is 12.6. The van der Waals surface area contributed by atoms with Crippen molar-refractivity contribution in [3.05, 3.63) is 16.1 Å². The van der Waals surface area contributed by atoms with Crippen LogP contribution >= 0.6 is 11.3 Å². The zero-order valence-electron chi connectivity index (χ0n) is 11.8. The van der Waals surface area contributed by atoms with E-state index in [1.54, 1.807) is 11.3 Å². The molecule has 102 valence electrons. The molecule has 2 rings (SSSR count). The lowest BCUT2D eigenvalue weighted by atomic mass is 10.2. The molecule has 1 aliphatic heterocycles. The minimum Gasteiger partial charge on any atom is -0.309 e. The summed E-state index contributed by atoms with van der Waals surface area (Å²) in [4.78, 5) is 9.58. The van der Waals surface area contributed by atoms with Crippen LogP contribution in [0.5, 0.6) is 0 Å². The predicted molar refractivity (Wildman–Crippen MR) is 77.0 cm³/mol. The number of hydrogen-bond acceptors (Lipinski definition) is 5. The Bertz CT molecular complexity index is 377. The molecule has 1 aromatic heterocycles. The van der Waals surface area contributed by atoms with Gasteiger partial charge in [-0.3, -0.25) is 4.90 Å². The van der Waals surface area contributed by atoms with Gasteiger partial charge in [-0.25, -0.2) is 4.98 Å². The summed E-state index contributed by atoms with van der Waals surface area (Å²) < 4.78 is 0. The number of piperazine rings is 1. The molecule has 0 saturated carbocycles. The van der Waals surface area contributed by atoms with Crippen molar-refractivity contribution in [3.8, 4) is 0 Å². The van der Waals surface area contributed by atoms with E-state index in [2.05, 4.69) is 48.4 Å². The molecular weight excluding hydrogens is 244 g/mol. The van der Waals surface area contributed by atoms with Gasteiger partial charge in [0.2, 0.25) is 0 Å². The van der Waals surface area contributed by atoms with Crippen molar-refractivity contribution in [2.24, 2.45) is 0 Å². The molecule has 0 spiro atoms. The van der Waals surface area contributed by atoms with E-state index in [0.717, 1.165) is 26.2 Å². The molecule has 1 atom stereocenters. The van der Waals surface area contributed by atoms with Gasteiger partial charge in [0.1, 0.15) is 5.01 Å². The topological polar surface area (TPSA) is 31.4 Å². The normalized spacial score (nSPS) is 22.8. The molecule has 0 amide bonds. The molecule has 0 aliphatic carbocycles. The summed E-state index contributed by atoms with van der Waals surface area (Å²) in [6.07, 6.45) is 0. The third kappa shape index (κ3) is 3.51. The molecule has 1 N–H and O–H groups in total. The summed E-state index contributed by atoms with van der Waals surface area (Å²) in [7, 11) is 4.39. The van der Waals surface area contributed by atoms with Gasteiger partial charge in [-0.15, -0.1) is 11.3 Å². The van der Waals surface area contributed by atoms with E-state index in [9.17, 15) is 0 Å². The first kappa shape index (κ1) is 13.9. The lowest BCUT2D eigenvalue weighted by Gasteiger charge is -2.36. The Morgan fingerprint density at radius 2 is 2.22 bits per heavy atom. The first-order valence-corrected chi connectivity index (χ1v) is 7.50. The quantitative estimate of drug-likeness (QED) is 0.898. The van der Waals surface area contributed by atoms with Crippen molar-refractivity contribution in [3.63, 3.8) is 0 Å². The molecule has 1 saturated heterocycles. The smallest absolute Gasteiger partial charge is 0.111 e. The van der Waals surface area contributed by atoms with Gasteiger partial charge >= 0.3 is 0 Å². The number of thiazole rings is 1. The summed E-state index contributed by atoms with van der Waals surface area (Å²) in [6.45, 7) is 8.57. The van der Waals surface area contributed by atoms with Gasteiger partial charge in [0, 0.05) is 37.6 Å². The highest BCUT2D eigenvalue weighted by Gasteiger charge is 2.25. The average Bonchev–Trinajstić information content (AvgIpc) is 2.78. The molecule has 4 nitrogen and oxygen atoms in total. The number of aromatic nitrogens is 1. The van der Waals surface area contributed by atoms with E-state index in [4.69, 9.17) is 4.98 Å². The Hall–Kier alpha value is -0.490. The Morgan fingerprint density at radius 3 is 2.94 bits per heavy atom. The Labute approximate surface area is 114 Å². The van der Waals surface area contributed by atoms with Crippen LogP contribution in [0.1, 0.15) is 30.6 Å². The number of hydrogen-bond donors (Lipinski definition) is 1. The third-order valence-electron chi connectivity index (χ3n) is 3.40. The van der Waals surface area contributed by atoms with Crippen molar-refractivity contribution in [1.82, 2.24) is 20.1 Å². The van der Waals surface area contributed by atoms with Gasteiger partial charge in [0.25, 0.3) is 0 Å². The van der Waals surface area contributed by atoms with E-state index >= 15 is 0 Å². The highest BCUT2D eigenvalue weighted by atomic mass is 32.1. The molecule has 1 aromatic rings. The molecule has 1 unspecified atom stereocenters. The molecular formula is C13H24N4S. The van der Waals surface area contributed by atoms with E-state index in [1.165, 1.54) is 10.7 Å². The monoisotopic (exact) mass is 268 g/mol. The number of nitrogens with zero attached hydrogens (tertiary/aromatic N) is 3. The van der Waals surface area contributed by atoms with Crippen LogP contribution in [0.15, 0.2) is 5.38 Å². The molecule has 0 aromatic carbocycles. The fourth-order valence-corrected chi connectivity index (χ4v) is 3.12. The average molecular weight is 268 g/mol. The second-order valence-electron chi connectivity index (χ2n) is 5.47. The molecule has 1 fully saturated rings. The van der Waals surface area contributed by atoms with E-state index < -0.39 is 0 Å². The van der Waals surface area contributed by atoms with Crippen LogP contribution in [-0.2, 0) is 6.54 Å². The molecule has 18 heavy (non-hydrogen) atoms. The maximum absolute atomic E-state index is 4.78. The van der Waals surface area contributed by atoms with Crippen LogP contribution in [-0.4, -0.2) is 54.6 Å². The lowest BCUT2D eigenvalue weighted by molar-refractivity contribution is 0.115. The third-order valence-corrected chi connectivity index (χ3v) is 4.39. The van der Waals surface area contributed by atoms with Gasteiger partial charge < -0.3 is 10.2 Å². The zero-order chi connectivity index (χ0) is 13.1. The largest absolute Gasteiger partial charge is 0.309 e. The Kier molecular flexibility index (Phi) is 4.72. The van der Waals surface area contributed by atoms with E-state index in [-0.39, 0.29) is 0 Å². The first-order valence-electron chi connectivity index (χ1n) is 6.62. The number of likely N-dealkylation sites (N-methyl/N-ethyl adjacent to an activating group) is 2. The Morgan fingerprint density at radius 1 is 1.44 bits per heavy atom. The van der Waals surface area contributed by atoms with Crippen molar-refractivity contribution < 1.29 is 0 Å². The molecule has 5 heteroatoms. The van der Waals surface area contributed by atoms with Crippen molar-refractivity contribution in [1.29, 1.82) is 0 Å². The maximum Gasteiger partial charge on any atom is 0.111 e. The lowest BCUT2D eigenvalue weighted by Crippen LogP contribution is -2.44. The minimum absolute atomic E-state index is 0.460. The van der Waals surface area contributed by atoms with Gasteiger partial charge in [0.15, 0.2) is 0 Å². The van der Waals surface area contributed by atoms with Gasteiger partial charge in [-0.05, 0) is 14.1 Å². The van der Waals surface area contributed by atoms with Crippen LogP contribution in [0.25, 0.3) is 0 Å². The summed E-state index contributed by atoms with van der Waals surface area (Å²) in [5, 5.41) is 6.86. The van der Waals surface area contributed by atoms with Crippen molar-refractivity contribution in [2.45, 2.75) is 32.5 Å². The van der Waals surface area contributed by atoms with Crippen LogP contribution in [0.4, 0.5) is 0 Å². The van der Waals surface area contributed by atoms with E-state index in [0.29, 0.717) is 12.1 Å². The van der Waals surface area contributed by atoms with Crippen molar-refractivity contribution >= 4 is 11.3 Å². The van der Waals surface area contributed by atoms with E-state index in [1.807, 2.05) is 0 Å². The SMILES string of the molecule is CC(C)NCc1csc(C2CN(C)CCN2C)n1. The van der Waals surface area contributed by atoms with Gasteiger partial charge in [-0.1, -0.05) is 13.8 Å². The highest BCUT2D eigenvalue weighted by molar-refractivity contribution is 7.09. The molecule has 2 heterocycles. The highest BCUT2D eigenvalue weighted by Crippen LogP contribution is 2.26. The Balaban J connectivity index is 1.99. The number of rotatable bonds is 4. The van der Waals surface area contributed by atoms with Crippen LogP contribution in [0, 0.1) is 0 Å². The fourth-order valence-electron chi connectivity index (χ4n) is 2.14. The van der Waals surface area contributed by atoms with Crippen LogP contribution in [0.2, 0.25) is 0 Å². The minimum atomic E-state index is 0.460. The fraction of sp³-hybridized carbons (Fsp3) is 0.769. The van der Waals surface area contributed by atoms with Gasteiger partial charge in [-0.2, -0.15) is 0 Å². The second kappa shape index (κ2) is 6.10. The van der Waals surface area contributed by atoms with Crippen LogP contribution in [0.3, 0.4) is 0 Å². The first-order chi connectivity index (χ1) is 8.56. The second-order valence-corrected chi connectivity index (χ2v) is 6.36. The molecule has 0 radical (unpaired) electrons. The van der Waals surface area contributed by atoms with Gasteiger partial charge in [0.05, 0.1) is 11.7 Å². The predicted octanol–water partition coefficient (Wildman–Crippen LogP) is 1.56. The van der Waals surface area contributed by atoms with Crippen LogP contribution < -0.4 is 5.32 Å². The summed E-state index contributed by atoms with van der Waals surface area (Å²) in [5.41, 5.74) is 1.17. The summed E-state index contributed by atoms with van der Waals surface area (Å²) in [6, 6.07) is 0.972. The molecule has 1 aliphatic rings. The molecule has 0 bridgehead atoms.